The van der Waals surface area contributed by atoms with Gasteiger partial charge in [0.2, 0.25) is 5.91 Å². The van der Waals surface area contributed by atoms with E-state index in [0.29, 0.717) is 12.3 Å². The minimum absolute atomic E-state index is 0.0218. The molecule has 17 heavy (non-hydrogen) atoms. The van der Waals surface area contributed by atoms with Crippen molar-refractivity contribution in [3.05, 3.63) is 0 Å². The van der Waals surface area contributed by atoms with Crippen LogP contribution in [0.15, 0.2) is 0 Å². The van der Waals surface area contributed by atoms with Gasteiger partial charge < -0.3 is 14.5 Å². The van der Waals surface area contributed by atoms with Crippen molar-refractivity contribution in [2.24, 2.45) is 5.92 Å². The number of hydrogen-bond acceptors (Lipinski definition) is 3. The zero-order chi connectivity index (χ0) is 12.3. The molecule has 2 aliphatic heterocycles. The third-order valence-corrected chi connectivity index (χ3v) is 3.92. The molecule has 0 aromatic carbocycles. The highest BCUT2D eigenvalue weighted by Crippen LogP contribution is 2.22. The molecule has 0 saturated carbocycles. The van der Waals surface area contributed by atoms with E-state index in [1.165, 1.54) is 6.42 Å². The Hall–Kier alpha value is -0.320. The molecular weight excluding hydrogens is 240 g/mol. The van der Waals surface area contributed by atoms with Crippen LogP contribution in [0.1, 0.15) is 12.8 Å². The van der Waals surface area contributed by atoms with Crippen LogP contribution in [0.2, 0.25) is 0 Å². The Balaban J connectivity index is 1.72. The Morgan fingerprint density at radius 3 is 2.94 bits per heavy atom. The molecule has 0 radical (unpaired) electrons. The van der Waals surface area contributed by atoms with Gasteiger partial charge in [0.05, 0.1) is 12.0 Å². The van der Waals surface area contributed by atoms with Crippen LogP contribution in [0.25, 0.3) is 0 Å². The number of ether oxygens (including phenoxy) is 1. The SMILES string of the molecule is COCCN1CCC(CN2CC(Cl)CC2=O)C1. The summed E-state index contributed by atoms with van der Waals surface area (Å²) in [5, 5.41) is 0.0218. The van der Waals surface area contributed by atoms with Gasteiger partial charge in [0, 0.05) is 39.7 Å². The molecule has 2 unspecified atom stereocenters. The number of alkyl halides is 1. The number of amides is 1. The fourth-order valence-corrected chi connectivity index (χ4v) is 3.00. The van der Waals surface area contributed by atoms with Crippen molar-refractivity contribution in [2.45, 2.75) is 18.2 Å². The topological polar surface area (TPSA) is 32.8 Å². The van der Waals surface area contributed by atoms with E-state index >= 15 is 0 Å². The number of hydrogen-bond donors (Lipinski definition) is 0. The van der Waals surface area contributed by atoms with Gasteiger partial charge in [0.1, 0.15) is 0 Å². The van der Waals surface area contributed by atoms with Gasteiger partial charge in [0.25, 0.3) is 0 Å². The van der Waals surface area contributed by atoms with Gasteiger partial charge in [-0.15, -0.1) is 11.6 Å². The van der Waals surface area contributed by atoms with Crippen molar-refractivity contribution in [3.8, 4) is 0 Å². The number of halogens is 1. The minimum atomic E-state index is 0.0218. The predicted molar refractivity (Wildman–Crippen MR) is 67.3 cm³/mol. The summed E-state index contributed by atoms with van der Waals surface area (Å²) in [4.78, 5) is 16.0. The molecule has 2 atom stereocenters. The third-order valence-electron chi connectivity index (χ3n) is 3.63. The van der Waals surface area contributed by atoms with Crippen molar-refractivity contribution < 1.29 is 9.53 Å². The zero-order valence-corrected chi connectivity index (χ0v) is 11.2. The summed E-state index contributed by atoms with van der Waals surface area (Å²) >= 11 is 5.99. The molecular formula is C12H21ClN2O2. The van der Waals surface area contributed by atoms with E-state index in [1.807, 2.05) is 4.90 Å². The van der Waals surface area contributed by atoms with Crippen LogP contribution >= 0.6 is 11.6 Å². The van der Waals surface area contributed by atoms with Gasteiger partial charge in [0.15, 0.2) is 0 Å². The van der Waals surface area contributed by atoms with E-state index in [2.05, 4.69) is 4.90 Å². The summed E-state index contributed by atoms with van der Waals surface area (Å²) in [5.41, 5.74) is 0. The van der Waals surface area contributed by atoms with Crippen LogP contribution in [-0.2, 0) is 9.53 Å². The van der Waals surface area contributed by atoms with E-state index in [0.717, 1.165) is 39.3 Å². The van der Waals surface area contributed by atoms with Gasteiger partial charge in [-0.05, 0) is 18.9 Å². The van der Waals surface area contributed by atoms with Crippen LogP contribution < -0.4 is 0 Å². The summed E-state index contributed by atoms with van der Waals surface area (Å²) in [6.07, 6.45) is 1.70. The number of nitrogens with zero attached hydrogens (tertiary/aromatic N) is 2. The van der Waals surface area contributed by atoms with Gasteiger partial charge in [-0.3, -0.25) is 4.79 Å². The van der Waals surface area contributed by atoms with Crippen LogP contribution in [-0.4, -0.2) is 67.5 Å². The first-order chi connectivity index (χ1) is 8.19. The van der Waals surface area contributed by atoms with Crippen molar-refractivity contribution in [2.75, 3.05) is 46.4 Å². The molecule has 0 aliphatic carbocycles. The van der Waals surface area contributed by atoms with Crippen molar-refractivity contribution in [1.29, 1.82) is 0 Å². The van der Waals surface area contributed by atoms with Crippen LogP contribution in [0.4, 0.5) is 0 Å². The van der Waals surface area contributed by atoms with Crippen LogP contribution in [0.5, 0.6) is 0 Å². The Bertz CT molecular complexity index is 275. The second kappa shape index (κ2) is 6.03. The molecule has 4 nitrogen and oxygen atoms in total. The van der Waals surface area contributed by atoms with Gasteiger partial charge in [-0.25, -0.2) is 0 Å². The number of carbonyl (C=O) groups excluding carboxylic acids is 1. The molecule has 2 aliphatic rings. The van der Waals surface area contributed by atoms with Crippen molar-refractivity contribution >= 4 is 17.5 Å². The lowest BCUT2D eigenvalue weighted by Gasteiger charge is -2.21. The van der Waals surface area contributed by atoms with E-state index in [-0.39, 0.29) is 11.3 Å². The largest absolute Gasteiger partial charge is 0.383 e. The second-order valence-electron chi connectivity index (χ2n) is 5.05. The Labute approximate surface area is 108 Å². The summed E-state index contributed by atoms with van der Waals surface area (Å²) in [5.74, 6) is 0.832. The number of carbonyl (C=O) groups is 1. The fraction of sp³-hybridized carbons (Fsp3) is 0.917. The Morgan fingerprint density at radius 1 is 1.47 bits per heavy atom. The maximum Gasteiger partial charge on any atom is 0.224 e. The van der Waals surface area contributed by atoms with Crippen LogP contribution in [0.3, 0.4) is 0 Å². The lowest BCUT2D eigenvalue weighted by molar-refractivity contribution is -0.128. The summed E-state index contributed by atoms with van der Waals surface area (Å²) in [6, 6.07) is 0. The normalized spacial score (nSPS) is 30.5. The maximum atomic E-state index is 11.6. The number of rotatable bonds is 5. The smallest absolute Gasteiger partial charge is 0.224 e. The first-order valence-electron chi connectivity index (χ1n) is 6.32. The average Bonchev–Trinajstić information content (AvgIpc) is 2.84. The molecule has 0 aromatic heterocycles. The van der Waals surface area contributed by atoms with Crippen LogP contribution in [0, 0.1) is 5.92 Å². The molecule has 0 spiro atoms. The molecule has 0 aromatic rings. The van der Waals surface area contributed by atoms with E-state index in [1.54, 1.807) is 7.11 Å². The van der Waals surface area contributed by atoms with Crippen molar-refractivity contribution in [1.82, 2.24) is 9.80 Å². The first kappa shape index (κ1) is 13.1. The van der Waals surface area contributed by atoms with Gasteiger partial charge in [-0.1, -0.05) is 0 Å². The summed E-state index contributed by atoms with van der Waals surface area (Å²) < 4.78 is 5.08. The predicted octanol–water partition coefficient (Wildman–Crippen LogP) is 0.794. The standard InChI is InChI=1S/C12H21ClN2O2/c1-17-5-4-14-3-2-10(7-14)8-15-9-11(13)6-12(15)16/h10-11H,2-9H2,1H3. The molecule has 0 N–H and O–H groups in total. The zero-order valence-electron chi connectivity index (χ0n) is 10.4. The molecule has 2 rings (SSSR count). The third kappa shape index (κ3) is 3.57. The van der Waals surface area contributed by atoms with Gasteiger partial charge in [-0.2, -0.15) is 0 Å². The first-order valence-corrected chi connectivity index (χ1v) is 6.76. The average molecular weight is 261 g/mol. The van der Waals surface area contributed by atoms with E-state index in [4.69, 9.17) is 16.3 Å². The number of methoxy groups -OCH3 is 1. The quantitative estimate of drug-likeness (QED) is 0.686. The van der Waals surface area contributed by atoms with E-state index < -0.39 is 0 Å². The molecule has 2 fully saturated rings. The lowest BCUT2D eigenvalue weighted by atomic mass is 10.1. The highest BCUT2D eigenvalue weighted by Gasteiger charge is 2.31. The highest BCUT2D eigenvalue weighted by molar-refractivity contribution is 6.22. The molecule has 2 saturated heterocycles. The summed E-state index contributed by atoms with van der Waals surface area (Å²) in [6.45, 7) is 5.61. The van der Waals surface area contributed by atoms with Gasteiger partial charge >= 0.3 is 0 Å². The lowest BCUT2D eigenvalue weighted by Crippen LogP contribution is -2.33. The summed E-state index contributed by atoms with van der Waals surface area (Å²) in [7, 11) is 1.73. The molecule has 1 amide bonds. The Morgan fingerprint density at radius 2 is 2.29 bits per heavy atom. The fourth-order valence-electron chi connectivity index (χ4n) is 2.70. The maximum absolute atomic E-state index is 11.6. The van der Waals surface area contributed by atoms with E-state index in [9.17, 15) is 4.79 Å². The minimum Gasteiger partial charge on any atom is -0.383 e. The molecule has 0 bridgehead atoms. The monoisotopic (exact) mass is 260 g/mol. The highest BCUT2D eigenvalue weighted by atomic mass is 35.5. The molecule has 98 valence electrons. The molecule has 2 heterocycles. The molecule has 5 heteroatoms. The second-order valence-corrected chi connectivity index (χ2v) is 5.67. The Kier molecular flexibility index (Phi) is 4.65. The van der Waals surface area contributed by atoms with Crippen molar-refractivity contribution in [3.63, 3.8) is 0 Å². The number of likely N-dealkylation sites (tertiary alicyclic amines) is 2.